The van der Waals surface area contributed by atoms with Crippen molar-refractivity contribution in [3.05, 3.63) is 57.8 Å². The summed E-state index contributed by atoms with van der Waals surface area (Å²) in [6, 6.07) is 4.90. The lowest BCUT2D eigenvalue weighted by molar-refractivity contribution is 0.567. The van der Waals surface area contributed by atoms with Gasteiger partial charge in [-0.1, -0.05) is 0 Å². The van der Waals surface area contributed by atoms with Gasteiger partial charge in [0.05, 0.1) is 12.5 Å². The van der Waals surface area contributed by atoms with Crippen molar-refractivity contribution in [3.63, 3.8) is 0 Å². The number of rotatable bonds is 0. The Morgan fingerprint density at radius 1 is 1.14 bits per heavy atom. The summed E-state index contributed by atoms with van der Waals surface area (Å²) in [4.78, 5) is 24.7. The van der Waals surface area contributed by atoms with Gasteiger partial charge in [0, 0.05) is 12.3 Å². The van der Waals surface area contributed by atoms with Crippen LogP contribution in [0.4, 0.5) is 4.70 Å². The van der Waals surface area contributed by atoms with E-state index in [-0.39, 0.29) is 10.3 Å². The summed E-state index contributed by atoms with van der Waals surface area (Å²) >= 11 is 0. The van der Waals surface area contributed by atoms with Gasteiger partial charge < -0.3 is 9.40 Å². The summed E-state index contributed by atoms with van der Waals surface area (Å²) in [6.45, 7) is 0. The van der Waals surface area contributed by atoms with Crippen LogP contribution >= 0.6 is 0 Å². The molecule has 2 heterocycles. The maximum Gasteiger partial charge on any atom is 0.325 e. The zero-order chi connectivity index (χ0) is 9.52. The van der Waals surface area contributed by atoms with E-state index in [2.05, 4.69) is 9.40 Å². The zero-order valence-electron chi connectivity index (χ0n) is 7.10. The van der Waals surface area contributed by atoms with Gasteiger partial charge in [0.2, 0.25) is 0 Å². The van der Waals surface area contributed by atoms with E-state index in [0.29, 0.717) is 0 Å². The molecule has 0 bridgehead atoms. The lowest BCUT2D eigenvalue weighted by atomic mass is 10.7. The summed E-state index contributed by atoms with van der Waals surface area (Å²) in [5.74, 6) is 0. The molecule has 0 radical (unpaired) electrons. The molecule has 0 aliphatic rings. The monoisotopic (exact) mass is 200 g/mol. The summed E-state index contributed by atoms with van der Waals surface area (Å²) < 4.78 is 4.58. The highest BCUT2D eigenvalue weighted by Gasteiger charge is 1.77. The maximum atomic E-state index is 10.2. The predicted molar refractivity (Wildman–Crippen MR) is 48.9 cm³/mol. The third kappa shape index (κ3) is 4.70. The third-order valence-electron chi connectivity index (χ3n) is 1.11. The van der Waals surface area contributed by atoms with Gasteiger partial charge in [-0.05, 0) is 12.1 Å². The van der Waals surface area contributed by atoms with E-state index in [1.54, 1.807) is 12.5 Å². The number of H-pyrrole nitrogens is 2. The minimum Gasteiger partial charge on any atom is -0.473 e. The second-order valence-electron chi connectivity index (χ2n) is 2.09. The van der Waals surface area contributed by atoms with Gasteiger partial charge in [-0.2, -0.15) is 0 Å². The molecule has 76 valence electrons. The molecule has 0 aromatic carbocycles. The summed E-state index contributed by atoms with van der Waals surface area (Å²) in [7, 11) is 0. The largest absolute Gasteiger partial charge is 0.473 e. The van der Waals surface area contributed by atoms with E-state index >= 15 is 0 Å². The smallest absolute Gasteiger partial charge is 0.325 e. The molecule has 0 amide bonds. The Kier molecular flexibility index (Phi) is 5.44. The molecule has 0 aliphatic carbocycles. The number of nitrogens with one attached hydrogen (secondary N) is 2. The first-order valence-electron chi connectivity index (χ1n) is 3.54. The molecule has 0 fully saturated rings. The van der Waals surface area contributed by atoms with E-state index in [9.17, 15) is 9.59 Å². The van der Waals surface area contributed by atoms with Gasteiger partial charge in [-0.25, -0.2) is 4.79 Å². The fraction of sp³-hybridized carbons (Fsp3) is 0. The molecule has 0 saturated heterocycles. The van der Waals surface area contributed by atoms with Crippen molar-refractivity contribution in [2.45, 2.75) is 0 Å². The highest BCUT2D eigenvalue weighted by atomic mass is 19.0. The molecule has 2 aromatic heterocycles. The summed E-state index contributed by atoms with van der Waals surface area (Å²) in [6.07, 6.45) is 4.54. The van der Waals surface area contributed by atoms with Crippen LogP contribution in [0.3, 0.4) is 0 Å². The Morgan fingerprint density at radius 3 is 2.07 bits per heavy atom. The van der Waals surface area contributed by atoms with Crippen LogP contribution in [-0.4, -0.2) is 9.97 Å². The molecule has 2 aromatic rings. The Labute approximate surface area is 77.8 Å². The highest BCUT2D eigenvalue weighted by molar-refractivity contribution is 4.79. The highest BCUT2D eigenvalue weighted by Crippen LogP contribution is 1.79. The lowest BCUT2D eigenvalue weighted by Gasteiger charge is -1.75. The van der Waals surface area contributed by atoms with Crippen molar-refractivity contribution < 1.29 is 9.12 Å². The van der Waals surface area contributed by atoms with Crippen molar-refractivity contribution in [1.82, 2.24) is 9.97 Å². The van der Waals surface area contributed by atoms with Crippen LogP contribution in [0.1, 0.15) is 0 Å². The van der Waals surface area contributed by atoms with Gasteiger partial charge in [0.15, 0.2) is 0 Å². The van der Waals surface area contributed by atoms with Crippen LogP contribution in [-0.2, 0) is 0 Å². The number of hydrogen-bond acceptors (Lipinski definition) is 3. The molecule has 5 nitrogen and oxygen atoms in total. The number of furan rings is 1. The molecule has 6 heteroatoms. The van der Waals surface area contributed by atoms with Crippen molar-refractivity contribution in [2.75, 3.05) is 0 Å². The average molecular weight is 200 g/mol. The fourth-order valence-electron chi connectivity index (χ4n) is 0.609. The van der Waals surface area contributed by atoms with Crippen molar-refractivity contribution in [2.24, 2.45) is 0 Å². The van der Waals surface area contributed by atoms with Crippen molar-refractivity contribution in [3.8, 4) is 0 Å². The van der Waals surface area contributed by atoms with E-state index < -0.39 is 5.69 Å². The SMILES string of the molecule is F.O=c1cc[nH]c(=O)[nH]1.c1ccoc1. The Bertz CT molecular complexity index is 390. The van der Waals surface area contributed by atoms with Crippen LogP contribution in [0.2, 0.25) is 0 Å². The van der Waals surface area contributed by atoms with Gasteiger partial charge in [-0.3, -0.25) is 14.5 Å². The van der Waals surface area contributed by atoms with Crippen LogP contribution in [0.5, 0.6) is 0 Å². The van der Waals surface area contributed by atoms with E-state index in [4.69, 9.17) is 0 Å². The topological polar surface area (TPSA) is 78.9 Å². The Morgan fingerprint density at radius 2 is 1.79 bits per heavy atom. The summed E-state index contributed by atoms with van der Waals surface area (Å²) in [5.41, 5.74) is -0.855. The third-order valence-corrected chi connectivity index (χ3v) is 1.11. The molecular formula is C8H9FN2O3. The molecule has 0 aliphatic heterocycles. The molecule has 0 saturated carbocycles. The maximum absolute atomic E-state index is 10.2. The number of halogens is 1. The van der Waals surface area contributed by atoms with Crippen LogP contribution < -0.4 is 11.2 Å². The van der Waals surface area contributed by atoms with Crippen LogP contribution in [0.25, 0.3) is 0 Å². The van der Waals surface area contributed by atoms with Gasteiger partial charge in [0.1, 0.15) is 0 Å². The second kappa shape index (κ2) is 6.41. The average Bonchev–Trinajstić information content (AvgIpc) is 2.59. The van der Waals surface area contributed by atoms with Gasteiger partial charge >= 0.3 is 5.69 Å². The first-order valence-corrected chi connectivity index (χ1v) is 3.54. The van der Waals surface area contributed by atoms with Gasteiger partial charge in [-0.15, -0.1) is 0 Å². The summed E-state index contributed by atoms with van der Waals surface area (Å²) in [5, 5.41) is 0. The van der Waals surface area contributed by atoms with E-state index in [0.717, 1.165) is 0 Å². The first-order chi connectivity index (χ1) is 6.29. The van der Waals surface area contributed by atoms with Crippen LogP contribution in [0.15, 0.2) is 50.9 Å². The normalized spacial score (nSPS) is 8.00. The number of hydrogen-bond donors (Lipinski definition) is 2. The Balaban J connectivity index is 0.000000246. The molecule has 2 rings (SSSR count). The molecule has 0 atom stereocenters. The Hall–Kier alpha value is -2.11. The first kappa shape index (κ1) is 11.9. The predicted octanol–water partition coefficient (Wildman–Crippen LogP) is 0.495. The van der Waals surface area contributed by atoms with Crippen LogP contribution in [0, 0.1) is 0 Å². The van der Waals surface area contributed by atoms with E-state index in [1.165, 1.54) is 12.3 Å². The number of aromatic nitrogens is 2. The second-order valence-corrected chi connectivity index (χ2v) is 2.09. The quantitative estimate of drug-likeness (QED) is 0.649. The van der Waals surface area contributed by atoms with Crippen molar-refractivity contribution in [1.29, 1.82) is 0 Å². The fourth-order valence-corrected chi connectivity index (χ4v) is 0.609. The van der Waals surface area contributed by atoms with Gasteiger partial charge in [0.25, 0.3) is 5.56 Å². The minimum atomic E-state index is -0.475. The molecule has 0 unspecified atom stereocenters. The lowest BCUT2D eigenvalue weighted by Crippen LogP contribution is -2.19. The number of aromatic amines is 2. The van der Waals surface area contributed by atoms with Crippen molar-refractivity contribution >= 4 is 0 Å². The molecule has 2 N–H and O–H groups in total. The van der Waals surface area contributed by atoms with E-state index in [1.807, 2.05) is 17.1 Å². The molecule has 0 spiro atoms. The zero-order valence-corrected chi connectivity index (χ0v) is 7.10. The molecule has 14 heavy (non-hydrogen) atoms. The minimum absolute atomic E-state index is 0. The molecular weight excluding hydrogens is 191 g/mol. The standard InChI is InChI=1S/C4H4N2O2.C4H4O.FH/c7-3-1-2-5-4(8)6-3;1-2-4-5-3-1;/h1-2H,(H2,5,6,7,8);1-4H;1H.